The molecular formula is C30H39N5O2S. The van der Waals surface area contributed by atoms with Crippen molar-refractivity contribution in [3.05, 3.63) is 49.4 Å². The van der Waals surface area contributed by atoms with Gasteiger partial charge in [0.15, 0.2) is 0 Å². The van der Waals surface area contributed by atoms with Gasteiger partial charge in [-0.15, -0.1) is 11.3 Å². The van der Waals surface area contributed by atoms with Crippen LogP contribution in [0.25, 0.3) is 11.8 Å². The fourth-order valence-electron chi connectivity index (χ4n) is 6.02. The molecule has 8 heteroatoms. The standard InChI is InChI=1S/C30H39N5O2S/c1-4-35-28(36)26(38-29(35)25(17-31)27-33-30(2,3)20-37-27)18-32-24-11-7-8-21(16-24)12-14-34-15-13-22-9-5-6-10-23(22)19-34/h7-8,11,16,18,22-23,32H,4-6,9-10,12-15,19-20H2,1-3H3/b26-18+,29-25-/t22-,23-/m1/s1. The zero-order valence-electron chi connectivity index (χ0n) is 22.8. The Bertz CT molecular complexity index is 1410. The first-order valence-corrected chi connectivity index (χ1v) is 14.8. The average molecular weight is 534 g/mol. The minimum Gasteiger partial charge on any atom is -0.474 e. The van der Waals surface area contributed by atoms with E-state index >= 15 is 0 Å². The highest BCUT2D eigenvalue weighted by Crippen LogP contribution is 2.36. The molecule has 1 aromatic carbocycles. The van der Waals surface area contributed by atoms with Crippen LogP contribution in [-0.4, -0.2) is 47.1 Å². The number of benzene rings is 1. The first kappa shape index (κ1) is 26.7. The van der Waals surface area contributed by atoms with Crippen LogP contribution in [0.1, 0.15) is 58.4 Å². The highest BCUT2D eigenvalue weighted by atomic mass is 32.1. The van der Waals surface area contributed by atoms with Crippen molar-refractivity contribution < 1.29 is 4.74 Å². The predicted octanol–water partition coefficient (Wildman–Crippen LogP) is 3.72. The second kappa shape index (κ2) is 11.5. The van der Waals surface area contributed by atoms with Gasteiger partial charge in [0, 0.05) is 31.5 Å². The third-order valence-electron chi connectivity index (χ3n) is 8.12. The lowest BCUT2D eigenvalue weighted by Gasteiger charge is -2.41. The van der Waals surface area contributed by atoms with Crippen molar-refractivity contribution in [2.75, 3.05) is 31.6 Å². The molecule has 5 rings (SSSR count). The molecule has 0 unspecified atom stereocenters. The number of rotatable bonds is 7. The van der Waals surface area contributed by atoms with Gasteiger partial charge in [-0.05, 0) is 76.1 Å². The summed E-state index contributed by atoms with van der Waals surface area (Å²) in [5.74, 6) is 2.19. The van der Waals surface area contributed by atoms with Gasteiger partial charge in [0.1, 0.15) is 27.4 Å². The van der Waals surface area contributed by atoms with Crippen molar-refractivity contribution in [1.82, 2.24) is 9.47 Å². The molecular weight excluding hydrogens is 494 g/mol. The fourth-order valence-corrected chi connectivity index (χ4v) is 7.11. The van der Waals surface area contributed by atoms with Crippen molar-refractivity contribution in [3.8, 4) is 6.07 Å². The summed E-state index contributed by atoms with van der Waals surface area (Å²) >= 11 is 1.30. The van der Waals surface area contributed by atoms with Crippen LogP contribution >= 0.6 is 11.3 Å². The van der Waals surface area contributed by atoms with Crippen LogP contribution in [0.15, 0.2) is 34.1 Å². The van der Waals surface area contributed by atoms with Crippen molar-refractivity contribution in [2.24, 2.45) is 16.8 Å². The highest BCUT2D eigenvalue weighted by Gasteiger charge is 2.31. The van der Waals surface area contributed by atoms with Crippen LogP contribution in [0.5, 0.6) is 0 Å². The predicted molar refractivity (Wildman–Crippen MR) is 155 cm³/mol. The monoisotopic (exact) mass is 533 g/mol. The van der Waals surface area contributed by atoms with Gasteiger partial charge in [-0.25, -0.2) is 4.99 Å². The molecule has 0 bridgehead atoms. The van der Waals surface area contributed by atoms with E-state index in [0.717, 1.165) is 30.5 Å². The number of ether oxygens (including phenoxy) is 1. The Hall–Kier alpha value is -2.89. The maximum atomic E-state index is 13.1. The van der Waals surface area contributed by atoms with Crippen LogP contribution in [0.3, 0.4) is 0 Å². The largest absolute Gasteiger partial charge is 0.474 e. The van der Waals surface area contributed by atoms with Gasteiger partial charge in [0.2, 0.25) is 5.90 Å². The van der Waals surface area contributed by atoms with E-state index in [1.165, 1.54) is 62.1 Å². The molecule has 2 atom stereocenters. The third-order valence-corrected chi connectivity index (χ3v) is 9.25. The van der Waals surface area contributed by atoms with Crippen molar-refractivity contribution in [2.45, 2.75) is 71.4 Å². The second-order valence-electron chi connectivity index (χ2n) is 11.5. The molecule has 38 heavy (non-hydrogen) atoms. The first-order chi connectivity index (χ1) is 18.4. The van der Waals surface area contributed by atoms with Gasteiger partial charge in [-0.2, -0.15) is 5.26 Å². The molecule has 202 valence electrons. The summed E-state index contributed by atoms with van der Waals surface area (Å²) in [7, 11) is 0. The zero-order valence-corrected chi connectivity index (χ0v) is 23.6. The molecule has 3 heterocycles. The Labute approximate surface area is 229 Å². The van der Waals surface area contributed by atoms with Crippen molar-refractivity contribution >= 4 is 34.7 Å². The quantitative estimate of drug-likeness (QED) is 0.587. The van der Waals surface area contributed by atoms with Crippen LogP contribution in [0, 0.1) is 23.2 Å². The van der Waals surface area contributed by atoms with Crippen molar-refractivity contribution in [3.63, 3.8) is 0 Å². The van der Waals surface area contributed by atoms with Crippen LogP contribution in [0.2, 0.25) is 0 Å². The summed E-state index contributed by atoms with van der Waals surface area (Å²) in [6.45, 7) is 10.3. The lowest BCUT2D eigenvalue weighted by Crippen LogP contribution is -2.42. The molecule has 1 N–H and O–H groups in total. The molecule has 1 aliphatic carbocycles. The van der Waals surface area contributed by atoms with E-state index in [-0.39, 0.29) is 11.1 Å². The summed E-state index contributed by atoms with van der Waals surface area (Å²) in [5, 5.41) is 13.2. The molecule has 0 spiro atoms. The summed E-state index contributed by atoms with van der Waals surface area (Å²) in [6.07, 6.45) is 9.83. The number of aromatic nitrogens is 1. The Morgan fingerprint density at radius 2 is 2.11 bits per heavy atom. The zero-order chi connectivity index (χ0) is 26.7. The molecule has 1 saturated carbocycles. The molecule has 2 aliphatic heterocycles. The van der Waals surface area contributed by atoms with Gasteiger partial charge < -0.3 is 15.0 Å². The van der Waals surface area contributed by atoms with E-state index in [1.807, 2.05) is 26.8 Å². The topological polar surface area (TPSA) is 82.7 Å². The molecule has 2 fully saturated rings. The normalized spacial score (nSPS) is 24.3. The Morgan fingerprint density at radius 3 is 2.84 bits per heavy atom. The lowest BCUT2D eigenvalue weighted by molar-refractivity contribution is 0.0878. The van der Waals surface area contributed by atoms with Gasteiger partial charge in [-0.1, -0.05) is 31.4 Å². The number of nitriles is 1. The number of hydrogen-bond acceptors (Lipinski definition) is 7. The molecule has 2 aromatic rings. The van der Waals surface area contributed by atoms with Crippen molar-refractivity contribution in [1.29, 1.82) is 5.26 Å². The second-order valence-corrected chi connectivity index (χ2v) is 12.5. The Morgan fingerprint density at radius 1 is 1.29 bits per heavy atom. The molecule has 0 amide bonds. The molecule has 1 saturated heterocycles. The molecule has 7 nitrogen and oxygen atoms in total. The van der Waals surface area contributed by atoms with Gasteiger partial charge in [0.25, 0.3) is 5.56 Å². The lowest BCUT2D eigenvalue weighted by atomic mass is 9.75. The number of piperidine rings is 1. The van der Waals surface area contributed by atoms with Crippen LogP contribution < -0.4 is 20.1 Å². The van der Waals surface area contributed by atoms with E-state index in [2.05, 4.69) is 39.5 Å². The molecule has 1 aromatic heterocycles. The van der Waals surface area contributed by atoms with E-state index < -0.39 is 0 Å². The number of nitrogens with one attached hydrogen (secondary N) is 1. The number of nitrogens with zero attached hydrogens (tertiary/aromatic N) is 4. The number of thiazole rings is 1. The number of fused-ring (bicyclic) bond motifs is 1. The smallest absolute Gasteiger partial charge is 0.270 e. The Kier molecular flexibility index (Phi) is 8.06. The van der Waals surface area contributed by atoms with Gasteiger partial charge >= 0.3 is 0 Å². The van der Waals surface area contributed by atoms with E-state index in [0.29, 0.717) is 33.8 Å². The number of anilines is 1. The van der Waals surface area contributed by atoms with E-state index in [1.54, 1.807) is 10.8 Å². The molecule has 0 radical (unpaired) electrons. The first-order valence-electron chi connectivity index (χ1n) is 14.0. The highest BCUT2D eigenvalue weighted by molar-refractivity contribution is 7.07. The fraction of sp³-hybridized carbons (Fsp3) is 0.567. The summed E-state index contributed by atoms with van der Waals surface area (Å²) in [5.41, 5.74) is 2.08. The number of likely N-dealkylation sites (tertiary alicyclic amines) is 1. The summed E-state index contributed by atoms with van der Waals surface area (Å²) in [6, 6.07) is 10.7. The summed E-state index contributed by atoms with van der Waals surface area (Å²) in [4.78, 5) is 20.4. The van der Waals surface area contributed by atoms with E-state index in [4.69, 9.17) is 4.74 Å². The third kappa shape index (κ3) is 5.89. The Balaban J connectivity index is 1.31. The van der Waals surface area contributed by atoms with E-state index in [9.17, 15) is 10.1 Å². The average Bonchev–Trinajstić information content (AvgIpc) is 3.44. The SMILES string of the molecule is CCn1c(=O)/c(=C\Nc2cccc(CCN3CC[C@H]4CCCC[C@@H]4C3)c2)s/c1=C(/C#N)C1=NC(C)(C)CO1. The maximum Gasteiger partial charge on any atom is 0.270 e. The van der Waals surface area contributed by atoms with Gasteiger partial charge in [-0.3, -0.25) is 9.36 Å². The minimum absolute atomic E-state index is 0.118. The minimum atomic E-state index is -0.375. The maximum absolute atomic E-state index is 13.1. The van der Waals surface area contributed by atoms with Crippen LogP contribution in [-0.2, 0) is 17.7 Å². The number of hydrogen-bond donors (Lipinski definition) is 1. The van der Waals surface area contributed by atoms with Gasteiger partial charge in [0.05, 0.1) is 5.54 Å². The summed E-state index contributed by atoms with van der Waals surface area (Å²) < 4.78 is 8.47. The number of aliphatic imine (C=N–C) groups is 1. The molecule has 3 aliphatic rings. The van der Waals surface area contributed by atoms with Crippen LogP contribution in [0.4, 0.5) is 5.69 Å².